The van der Waals surface area contributed by atoms with Gasteiger partial charge >= 0.3 is 11.9 Å². The van der Waals surface area contributed by atoms with Crippen molar-refractivity contribution in [3.8, 4) is 0 Å². The summed E-state index contributed by atoms with van der Waals surface area (Å²) in [6.45, 7) is 0.439. The number of carboxylic acids is 2. The van der Waals surface area contributed by atoms with Crippen molar-refractivity contribution in [1.82, 2.24) is 0 Å². The molecule has 2 aromatic carbocycles. The third-order valence-corrected chi connectivity index (χ3v) is 3.44. The molecule has 0 aliphatic rings. The number of benzene rings is 2. The average molecular weight is 402 g/mol. The molecule has 0 fully saturated rings. The quantitative estimate of drug-likeness (QED) is 0.427. The van der Waals surface area contributed by atoms with Gasteiger partial charge in [0, 0.05) is 11.4 Å². The zero-order valence-corrected chi connectivity index (χ0v) is 16.2. The lowest BCUT2D eigenvalue weighted by molar-refractivity contribution is -0.874. The summed E-state index contributed by atoms with van der Waals surface area (Å²) in [6, 6.07) is 18.6. The highest BCUT2D eigenvalue weighted by Crippen LogP contribution is 2.08. The van der Waals surface area contributed by atoms with E-state index in [9.17, 15) is 9.59 Å². The molecule has 0 unspecified atom stereocenters. The van der Waals surface area contributed by atoms with Crippen molar-refractivity contribution < 1.29 is 33.9 Å². The monoisotopic (exact) mass is 402 g/mol. The van der Waals surface area contributed by atoms with E-state index in [0.29, 0.717) is 0 Å². The Morgan fingerprint density at radius 3 is 1.28 bits per heavy atom. The second kappa shape index (κ2) is 11.2. The van der Waals surface area contributed by atoms with Crippen LogP contribution in [0.25, 0.3) is 0 Å². The van der Waals surface area contributed by atoms with Gasteiger partial charge in [-0.25, -0.2) is 9.59 Å². The number of aliphatic carboxylic acids is 2. The molecular formula is C20H24N3O6+. The Morgan fingerprint density at radius 1 is 0.690 bits per heavy atom. The summed E-state index contributed by atoms with van der Waals surface area (Å²) in [5, 5.41) is 20.5. The molecule has 2 rings (SSSR count). The number of quaternary nitrogens is 1. The van der Waals surface area contributed by atoms with Crippen LogP contribution in [0.5, 0.6) is 0 Å². The number of rotatable bonds is 6. The van der Waals surface area contributed by atoms with Gasteiger partial charge in [0.25, 0.3) is 11.8 Å². The van der Waals surface area contributed by atoms with Crippen LogP contribution < -0.4 is 10.6 Å². The minimum absolute atomic E-state index is 0.117. The lowest BCUT2D eigenvalue weighted by Crippen LogP contribution is -2.49. The van der Waals surface area contributed by atoms with E-state index in [-0.39, 0.29) is 29.4 Å². The molecule has 0 radical (unpaired) electrons. The van der Waals surface area contributed by atoms with E-state index >= 15 is 0 Å². The summed E-state index contributed by atoms with van der Waals surface area (Å²) in [6.07, 6.45) is 0. The zero-order chi connectivity index (χ0) is 21.9. The molecule has 29 heavy (non-hydrogen) atoms. The van der Waals surface area contributed by atoms with Crippen LogP contribution in [0, 0.1) is 0 Å². The molecule has 9 nitrogen and oxygen atoms in total. The molecule has 0 saturated heterocycles. The van der Waals surface area contributed by atoms with Crippen LogP contribution in [0.15, 0.2) is 60.7 Å². The molecule has 0 spiro atoms. The third-order valence-electron chi connectivity index (χ3n) is 3.44. The number of anilines is 2. The van der Waals surface area contributed by atoms with Crippen molar-refractivity contribution in [2.75, 3.05) is 37.8 Å². The summed E-state index contributed by atoms with van der Waals surface area (Å²) >= 11 is 0. The van der Waals surface area contributed by atoms with Gasteiger partial charge in [0.05, 0.1) is 14.1 Å². The Labute approximate surface area is 168 Å². The van der Waals surface area contributed by atoms with Crippen molar-refractivity contribution in [2.24, 2.45) is 0 Å². The number of carbonyl (C=O) groups excluding carboxylic acids is 2. The van der Waals surface area contributed by atoms with Crippen molar-refractivity contribution in [3.63, 3.8) is 0 Å². The van der Waals surface area contributed by atoms with E-state index in [0.717, 1.165) is 11.4 Å². The van der Waals surface area contributed by atoms with Gasteiger partial charge in [-0.15, -0.1) is 0 Å². The predicted octanol–water partition coefficient (Wildman–Crippen LogP) is 1.50. The smallest absolute Gasteiger partial charge is 0.414 e. The van der Waals surface area contributed by atoms with Crippen LogP contribution in [0.2, 0.25) is 0 Å². The second-order valence-corrected chi connectivity index (χ2v) is 6.69. The summed E-state index contributed by atoms with van der Waals surface area (Å²) < 4.78 is 0.275. The third kappa shape index (κ3) is 10.3. The standard InChI is InChI=1S/C18H21N3O2.C2H2O4/c1-21(2,13-17(22)19-15-9-5-3-6-10-15)14-18(23)20-16-11-7-4-8-12-16;3-1(4)2(5)6/h3-12H,13-14H2,1-2H3,(H-,19,20,22,23);(H,3,4)(H,5,6)/p+1. The van der Waals surface area contributed by atoms with Gasteiger partial charge in [-0.3, -0.25) is 9.59 Å². The maximum Gasteiger partial charge on any atom is 0.414 e. The second-order valence-electron chi connectivity index (χ2n) is 6.69. The molecule has 2 amide bonds. The SMILES string of the molecule is C[N+](C)(CC(=O)Nc1ccccc1)CC(=O)Nc1ccccc1.O=C(O)C(=O)O. The van der Waals surface area contributed by atoms with Gasteiger partial charge in [0.2, 0.25) is 0 Å². The first-order valence-electron chi connectivity index (χ1n) is 8.57. The Morgan fingerprint density at radius 2 is 1.00 bits per heavy atom. The molecule has 0 saturated carbocycles. The Kier molecular flexibility index (Phi) is 9.00. The van der Waals surface area contributed by atoms with Crippen LogP contribution in [0.4, 0.5) is 11.4 Å². The molecule has 4 N–H and O–H groups in total. The fourth-order valence-corrected chi connectivity index (χ4v) is 2.28. The van der Waals surface area contributed by atoms with Crippen LogP contribution in [0.3, 0.4) is 0 Å². The van der Waals surface area contributed by atoms with Gasteiger partial charge in [-0.05, 0) is 24.3 Å². The number of carbonyl (C=O) groups is 4. The average Bonchev–Trinajstić information content (AvgIpc) is 2.62. The predicted molar refractivity (Wildman–Crippen MR) is 107 cm³/mol. The van der Waals surface area contributed by atoms with E-state index in [1.54, 1.807) is 0 Å². The van der Waals surface area contributed by atoms with Crippen LogP contribution >= 0.6 is 0 Å². The van der Waals surface area contributed by atoms with E-state index < -0.39 is 11.9 Å². The topological polar surface area (TPSA) is 133 Å². The Balaban J connectivity index is 0.000000612. The van der Waals surface area contributed by atoms with Crippen LogP contribution in [-0.2, 0) is 19.2 Å². The highest BCUT2D eigenvalue weighted by atomic mass is 16.4. The van der Waals surface area contributed by atoms with Crippen molar-refractivity contribution >= 4 is 35.1 Å². The first kappa shape index (κ1) is 23.3. The Bertz CT molecular complexity index is 768. The molecule has 0 aliphatic carbocycles. The van der Waals surface area contributed by atoms with Crippen molar-refractivity contribution in [1.29, 1.82) is 0 Å². The number of likely N-dealkylation sites (N-methyl/N-ethyl adjacent to an activating group) is 1. The normalized spacial score (nSPS) is 10.1. The fourth-order valence-electron chi connectivity index (χ4n) is 2.28. The largest absolute Gasteiger partial charge is 0.473 e. The number of para-hydroxylation sites is 2. The molecule has 0 atom stereocenters. The highest BCUT2D eigenvalue weighted by Gasteiger charge is 2.24. The van der Waals surface area contributed by atoms with Gasteiger partial charge in [0.15, 0.2) is 13.1 Å². The molecule has 0 bridgehead atoms. The summed E-state index contributed by atoms with van der Waals surface area (Å²) in [5.41, 5.74) is 1.51. The highest BCUT2D eigenvalue weighted by molar-refractivity contribution is 6.27. The lowest BCUT2D eigenvalue weighted by atomic mass is 10.3. The van der Waals surface area contributed by atoms with Crippen LogP contribution in [0.1, 0.15) is 0 Å². The van der Waals surface area contributed by atoms with E-state index in [4.69, 9.17) is 19.8 Å². The molecule has 0 aliphatic heterocycles. The molecule has 154 valence electrons. The van der Waals surface area contributed by atoms with Gasteiger partial charge in [-0.2, -0.15) is 0 Å². The van der Waals surface area contributed by atoms with Crippen molar-refractivity contribution in [3.05, 3.63) is 60.7 Å². The first-order valence-corrected chi connectivity index (χ1v) is 8.57. The maximum atomic E-state index is 12.1. The molecule has 9 heteroatoms. The minimum Gasteiger partial charge on any atom is -0.473 e. The fraction of sp³-hybridized carbons (Fsp3) is 0.200. The first-order chi connectivity index (χ1) is 13.6. The van der Waals surface area contributed by atoms with E-state index in [1.807, 2.05) is 74.8 Å². The van der Waals surface area contributed by atoms with Gasteiger partial charge < -0.3 is 25.3 Å². The lowest BCUT2D eigenvalue weighted by Gasteiger charge is -2.28. The summed E-state index contributed by atoms with van der Waals surface area (Å²) in [4.78, 5) is 42.4. The summed E-state index contributed by atoms with van der Waals surface area (Å²) in [5.74, 6) is -3.88. The Hall–Kier alpha value is -3.72. The molecule has 0 heterocycles. The number of nitrogens with zero attached hydrogens (tertiary/aromatic N) is 1. The molecule has 2 aromatic rings. The number of amides is 2. The maximum absolute atomic E-state index is 12.1. The van der Waals surface area contributed by atoms with Crippen molar-refractivity contribution in [2.45, 2.75) is 0 Å². The zero-order valence-electron chi connectivity index (χ0n) is 16.2. The van der Waals surface area contributed by atoms with E-state index in [2.05, 4.69) is 10.6 Å². The van der Waals surface area contributed by atoms with Gasteiger partial charge in [-0.1, -0.05) is 36.4 Å². The number of hydrogen-bond acceptors (Lipinski definition) is 4. The van der Waals surface area contributed by atoms with Gasteiger partial charge in [0.1, 0.15) is 0 Å². The number of hydrogen-bond donors (Lipinski definition) is 4. The molecular weight excluding hydrogens is 378 g/mol. The summed E-state index contributed by atoms with van der Waals surface area (Å²) in [7, 11) is 3.71. The number of carboxylic acid groups (broad SMARTS) is 2. The molecule has 0 aromatic heterocycles. The minimum atomic E-state index is -1.82. The van der Waals surface area contributed by atoms with E-state index in [1.165, 1.54) is 0 Å². The number of nitrogens with one attached hydrogen (secondary N) is 2. The van der Waals surface area contributed by atoms with Crippen LogP contribution in [-0.4, -0.2) is 65.6 Å².